The molecule has 6 nitrogen and oxygen atoms in total. The van der Waals surface area contributed by atoms with Crippen molar-refractivity contribution in [2.24, 2.45) is 0 Å². The molecule has 1 amide bonds. The van der Waals surface area contributed by atoms with Crippen LogP contribution in [0.4, 0.5) is 0 Å². The van der Waals surface area contributed by atoms with Crippen LogP contribution in [0.2, 0.25) is 5.02 Å². The minimum Gasteiger partial charge on any atom is -0.508 e. The van der Waals surface area contributed by atoms with Crippen molar-refractivity contribution in [3.05, 3.63) is 99.8 Å². The third-order valence-electron chi connectivity index (χ3n) is 6.64. The van der Waals surface area contributed by atoms with E-state index in [1.54, 1.807) is 23.1 Å². The summed E-state index contributed by atoms with van der Waals surface area (Å²) in [7, 11) is 0. The number of benzene rings is 3. The van der Waals surface area contributed by atoms with E-state index in [1.807, 2.05) is 36.4 Å². The Bertz CT molecular complexity index is 1430. The summed E-state index contributed by atoms with van der Waals surface area (Å²) in [6, 6.07) is 18.1. The first kappa shape index (κ1) is 21.0. The van der Waals surface area contributed by atoms with Gasteiger partial charge in [0, 0.05) is 29.2 Å². The van der Waals surface area contributed by atoms with E-state index in [4.69, 9.17) is 16.6 Å². The van der Waals surface area contributed by atoms with E-state index in [1.165, 1.54) is 5.57 Å². The van der Waals surface area contributed by atoms with Gasteiger partial charge >= 0.3 is 0 Å². The second-order valence-corrected chi connectivity index (χ2v) is 9.17. The van der Waals surface area contributed by atoms with Crippen LogP contribution in [0.5, 0.6) is 5.75 Å². The van der Waals surface area contributed by atoms with Crippen LogP contribution in [-0.2, 0) is 6.54 Å². The molecule has 2 aliphatic heterocycles. The number of carbonyl (C=O) groups excluding carboxylic acids is 1. The summed E-state index contributed by atoms with van der Waals surface area (Å²) in [6.07, 6.45) is 3.12. The molecule has 170 valence electrons. The molecule has 0 saturated heterocycles. The molecule has 0 saturated carbocycles. The first-order chi connectivity index (χ1) is 16.6. The lowest BCUT2D eigenvalue weighted by Crippen LogP contribution is -2.31. The summed E-state index contributed by atoms with van der Waals surface area (Å²) in [5.74, 6) is 0.566. The lowest BCUT2D eigenvalue weighted by atomic mass is 9.97. The van der Waals surface area contributed by atoms with Gasteiger partial charge < -0.3 is 20.3 Å². The average molecular weight is 471 g/mol. The molecule has 2 aliphatic rings. The van der Waals surface area contributed by atoms with Crippen LogP contribution < -0.4 is 5.32 Å². The smallest absolute Gasteiger partial charge is 0.255 e. The van der Waals surface area contributed by atoms with E-state index in [0.29, 0.717) is 28.5 Å². The van der Waals surface area contributed by atoms with Crippen molar-refractivity contribution in [1.29, 1.82) is 0 Å². The van der Waals surface area contributed by atoms with E-state index in [0.717, 1.165) is 41.7 Å². The number of aromatic amines is 1. The van der Waals surface area contributed by atoms with Crippen molar-refractivity contribution in [2.45, 2.75) is 19.0 Å². The van der Waals surface area contributed by atoms with E-state index in [2.05, 4.69) is 22.4 Å². The van der Waals surface area contributed by atoms with Gasteiger partial charge in [-0.2, -0.15) is 0 Å². The van der Waals surface area contributed by atoms with Gasteiger partial charge in [0.25, 0.3) is 5.91 Å². The van der Waals surface area contributed by atoms with Crippen LogP contribution in [0, 0.1) is 0 Å². The predicted octanol–water partition coefficient (Wildman–Crippen LogP) is 5.04. The maximum Gasteiger partial charge on any atom is 0.255 e. The van der Waals surface area contributed by atoms with Crippen LogP contribution >= 0.6 is 11.6 Å². The Morgan fingerprint density at radius 3 is 2.79 bits per heavy atom. The third-order valence-corrected chi connectivity index (χ3v) is 6.87. The molecular weight excluding hydrogens is 448 g/mol. The Balaban J connectivity index is 1.45. The molecular formula is C27H23ClN4O2. The van der Waals surface area contributed by atoms with Crippen molar-refractivity contribution in [3.8, 4) is 5.75 Å². The molecule has 0 bridgehead atoms. The number of nitrogens with zero attached hydrogens (tertiary/aromatic N) is 2. The fraction of sp³-hybridized carbons (Fsp3) is 0.185. The molecule has 0 radical (unpaired) electrons. The van der Waals surface area contributed by atoms with Gasteiger partial charge in [-0.25, -0.2) is 4.98 Å². The van der Waals surface area contributed by atoms with Gasteiger partial charge in [0.1, 0.15) is 17.6 Å². The Morgan fingerprint density at radius 1 is 1.09 bits per heavy atom. The molecule has 1 atom stereocenters. The Hall–Kier alpha value is -3.61. The predicted molar refractivity (Wildman–Crippen MR) is 133 cm³/mol. The molecule has 0 fully saturated rings. The number of H-pyrrole nitrogens is 1. The molecule has 0 spiro atoms. The number of phenolic OH excluding ortho intramolecular Hbond substituents is 1. The maximum absolute atomic E-state index is 13.8. The number of halogens is 1. The minimum absolute atomic E-state index is 0.0687. The quantitative estimate of drug-likeness (QED) is 0.390. The minimum atomic E-state index is -0.618. The summed E-state index contributed by atoms with van der Waals surface area (Å²) in [5.41, 5.74) is 6.21. The molecule has 34 heavy (non-hydrogen) atoms. The van der Waals surface area contributed by atoms with Crippen LogP contribution in [0.1, 0.15) is 45.3 Å². The molecule has 7 heteroatoms. The average Bonchev–Trinajstić information content (AvgIpc) is 3.43. The summed E-state index contributed by atoms with van der Waals surface area (Å²) in [6.45, 7) is 2.20. The van der Waals surface area contributed by atoms with Gasteiger partial charge in [0.05, 0.1) is 11.0 Å². The van der Waals surface area contributed by atoms with Gasteiger partial charge in [0.15, 0.2) is 0 Å². The van der Waals surface area contributed by atoms with Crippen molar-refractivity contribution in [2.75, 3.05) is 13.1 Å². The Labute approximate surface area is 201 Å². The van der Waals surface area contributed by atoms with E-state index < -0.39 is 6.04 Å². The molecule has 1 unspecified atom stereocenters. The number of aromatic nitrogens is 2. The first-order valence-electron chi connectivity index (χ1n) is 11.4. The highest BCUT2D eigenvalue weighted by Crippen LogP contribution is 2.40. The largest absolute Gasteiger partial charge is 0.508 e. The number of amides is 1. The van der Waals surface area contributed by atoms with Crippen LogP contribution in [0.25, 0.3) is 16.6 Å². The second-order valence-electron chi connectivity index (χ2n) is 8.73. The Kier molecular flexibility index (Phi) is 5.12. The second kappa shape index (κ2) is 8.31. The zero-order valence-corrected chi connectivity index (χ0v) is 19.1. The van der Waals surface area contributed by atoms with Crippen LogP contribution in [0.15, 0.2) is 66.7 Å². The van der Waals surface area contributed by atoms with Crippen LogP contribution in [-0.4, -0.2) is 39.0 Å². The zero-order valence-electron chi connectivity index (χ0n) is 18.4. The zero-order chi connectivity index (χ0) is 23.2. The maximum atomic E-state index is 13.8. The number of phenols is 1. The lowest BCUT2D eigenvalue weighted by Gasteiger charge is -2.27. The van der Waals surface area contributed by atoms with Crippen molar-refractivity contribution in [3.63, 3.8) is 0 Å². The van der Waals surface area contributed by atoms with E-state index in [9.17, 15) is 9.90 Å². The molecule has 3 aromatic carbocycles. The van der Waals surface area contributed by atoms with Gasteiger partial charge in [-0.15, -0.1) is 0 Å². The SMILES string of the molecule is O=C1c2cc(C3=CCNCC3)ccc2CN1C(c1nc2ccccc2[nH]1)c1cc(Cl)ccc1O. The molecule has 4 aromatic rings. The number of carbonyl (C=O) groups is 1. The van der Waals surface area contributed by atoms with E-state index in [-0.39, 0.29) is 11.7 Å². The van der Waals surface area contributed by atoms with Gasteiger partial charge in [-0.05, 0) is 66.1 Å². The molecule has 6 rings (SSSR count). The number of aromatic hydroxyl groups is 1. The number of hydrogen-bond donors (Lipinski definition) is 3. The summed E-state index contributed by atoms with van der Waals surface area (Å²) < 4.78 is 0. The Morgan fingerprint density at radius 2 is 1.97 bits per heavy atom. The standard InChI is InChI=1S/C27H23ClN4O2/c28-19-7-8-24(33)21(14-19)25(26-30-22-3-1-2-4-23(22)31-26)32-15-18-6-5-17(13-20(18)27(32)34)16-9-11-29-12-10-16/h1-9,13-14,25,29,33H,10-12,15H2,(H,30,31). The number of nitrogens with one attached hydrogen (secondary N) is 2. The molecule has 1 aromatic heterocycles. The molecule has 0 aliphatic carbocycles. The summed E-state index contributed by atoms with van der Waals surface area (Å²) >= 11 is 6.31. The fourth-order valence-corrected chi connectivity index (χ4v) is 5.11. The number of hydrogen-bond acceptors (Lipinski definition) is 4. The summed E-state index contributed by atoms with van der Waals surface area (Å²) in [4.78, 5) is 23.7. The first-order valence-corrected chi connectivity index (χ1v) is 11.7. The number of imidazole rings is 1. The number of para-hydroxylation sites is 2. The van der Waals surface area contributed by atoms with Gasteiger partial charge in [-0.3, -0.25) is 4.79 Å². The third kappa shape index (κ3) is 3.56. The highest BCUT2D eigenvalue weighted by molar-refractivity contribution is 6.30. The topological polar surface area (TPSA) is 81.2 Å². The molecule has 3 N–H and O–H groups in total. The number of fused-ring (bicyclic) bond motifs is 2. The van der Waals surface area contributed by atoms with E-state index >= 15 is 0 Å². The van der Waals surface area contributed by atoms with Crippen molar-refractivity contribution in [1.82, 2.24) is 20.2 Å². The van der Waals surface area contributed by atoms with Crippen LogP contribution in [0.3, 0.4) is 0 Å². The monoisotopic (exact) mass is 470 g/mol. The highest BCUT2D eigenvalue weighted by atomic mass is 35.5. The van der Waals surface area contributed by atoms with Crippen molar-refractivity contribution < 1.29 is 9.90 Å². The lowest BCUT2D eigenvalue weighted by molar-refractivity contribution is 0.0724. The number of rotatable bonds is 4. The van der Waals surface area contributed by atoms with Crippen molar-refractivity contribution >= 4 is 34.1 Å². The summed E-state index contributed by atoms with van der Waals surface area (Å²) in [5, 5.41) is 14.6. The normalized spacial score (nSPS) is 16.6. The molecule has 3 heterocycles. The van der Waals surface area contributed by atoms with Gasteiger partial charge in [-0.1, -0.05) is 41.9 Å². The highest BCUT2D eigenvalue weighted by Gasteiger charge is 2.37. The fourth-order valence-electron chi connectivity index (χ4n) is 4.93. The van der Waals surface area contributed by atoms with Gasteiger partial charge in [0.2, 0.25) is 0 Å².